The second-order valence-electron chi connectivity index (χ2n) is 5.46. The van der Waals surface area contributed by atoms with Gasteiger partial charge in [-0.2, -0.15) is 0 Å². The molecule has 0 aliphatic heterocycles. The molecule has 2 atom stereocenters. The molecular weight excluding hydrogens is 258 g/mol. The van der Waals surface area contributed by atoms with Crippen molar-refractivity contribution in [1.29, 1.82) is 0 Å². The molecule has 106 valence electrons. The number of ether oxygens (including phenoxy) is 1. The average Bonchev–Trinajstić information content (AvgIpc) is 2.61. The van der Waals surface area contributed by atoms with Gasteiger partial charge in [0.2, 0.25) is 0 Å². The lowest BCUT2D eigenvalue weighted by Gasteiger charge is -2.22. The number of hydrogen-bond acceptors (Lipinski definition) is 2. The number of rotatable bonds is 4. The van der Waals surface area contributed by atoms with Crippen LogP contribution < -0.4 is 10.1 Å². The number of alkyl halides is 1. The minimum Gasteiger partial charge on any atom is -0.496 e. The first-order chi connectivity index (χ1) is 9.20. The van der Waals surface area contributed by atoms with E-state index < -0.39 is 0 Å². The highest BCUT2D eigenvalue weighted by atomic mass is 35.5. The summed E-state index contributed by atoms with van der Waals surface area (Å²) in [5.74, 6) is 0.956. The molecule has 1 fully saturated rings. The Bertz CT molecular complexity index is 408. The Balaban J connectivity index is 1.99. The van der Waals surface area contributed by atoms with E-state index in [1.54, 1.807) is 7.11 Å². The normalized spacial score (nSPS) is 23.9. The Labute approximate surface area is 121 Å². The van der Waals surface area contributed by atoms with Gasteiger partial charge < -0.3 is 10.1 Å². The molecule has 0 aromatic heterocycles. The molecule has 1 aliphatic carbocycles. The standard InChI is InChI=1S/C16H24ClNO/c1-12-8-9-16(19-2)13(10-12)11-18-15-7-5-3-4-6-14(15)17/h8-10,14-15,18H,3-7,11H2,1-2H3. The molecule has 2 rings (SSSR count). The number of halogens is 1. The van der Waals surface area contributed by atoms with Crippen LogP contribution >= 0.6 is 11.6 Å². The third-order valence-corrected chi connectivity index (χ3v) is 4.44. The number of nitrogens with one attached hydrogen (secondary N) is 1. The Kier molecular flexibility index (Phi) is 5.53. The molecule has 0 bridgehead atoms. The second-order valence-corrected chi connectivity index (χ2v) is 6.02. The zero-order valence-corrected chi connectivity index (χ0v) is 12.7. The van der Waals surface area contributed by atoms with Crippen LogP contribution in [0, 0.1) is 6.92 Å². The number of hydrogen-bond donors (Lipinski definition) is 1. The van der Waals surface area contributed by atoms with Crippen molar-refractivity contribution in [2.75, 3.05) is 7.11 Å². The summed E-state index contributed by atoms with van der Waals surface area (Å²) in [6.45, 7) is 2.94. The zero-order chi connectivity index (χ0) is 13.7. The van der Waals surface area contributed by atoms with Crippen LogP contribution in [0.3, 0.4) is 0 Å². The molecule has 2 unspecified atom stereocenters. The van der Waals surface area contributed by atoms with Crippen LogP contribution in [-0.2, 0) is 6.54 Å². The predicted octanol–water partition coefficient (Wildman–Crippen LogP) is 4.03. The Morgan fingerprint density at radius 3 is 2.84 bits per heavy atom. The maximum Gasteiger partial charge on any atom is 0.123 e. The van der Waals surface area contributed by atoms with Crippen LogP contribution in [0.25, 0.3) is 0 Å². The largest absolute Gasteiger partial charge is 0.496 e. The van der Waals surface area contributed by atoms with E-state index in [1.165, 1.54) is 36.8 Å². The van der Waals surface area contributed by atoms with E-state index >= 15 is 0 Å². The van der Waals surface area contributed by atoms with E-state index in [0.717, 1.165) is 18.7 Å². The van der Waals surface area contributed by atoms with Crippen molar-refractivity contribution in [3.8, 4) is 5.75 Å². The highest BCUT2D eigenvalue weighted by Gasteiger charge is 2.21. The molecule has 0 spiro atoms. The summed E-state index contributed by atoms with van der Waals surface area (Å²) in [4.78, 5) is 0. The minimum atomic E-state index is 0.262. The van der Waals surface area contributed by atoms with Crippen molar-refractivity contribution in [2.45, 2.75) is 57.0 Å². The molecular formula is C16H24ClNO. The summed E-state index contributed by atoms with van der Waals surface area (Å²) in [7, 11) is 1.73. The molecule has 0 amide bonds. The van der Waals surface area contributed by atoms with Gasteiger partial charge in [0.15, 0.2) is 0 Å². The van der Waals surface area contributed by atoms with Gasteiger partial charge in [-0.25, -0.2) is 0 Å². The molecule has 1 N–H and O–H groups in total. The molecule has 1 aromatic rings. The fraction of sp³-hybridized carbons (Fsp3) is 0.625. The van der Waals surface area contributed by atoms with Gasteiger partial charge in [-0.3, -0.25) is 0 Å². The van der Waals surface area contributed by atoms with Gasteiger partial charge in [-0.05, 0) is 25.8 Å². The van der Waals surface area contributed by atoms with Crippen molar-refractivity contribution in [2.24, 2.45) is 0 Å². The number of aryl methyl sites for hydroxylation is 1. The number of methoxy groups -OCH3 is 1. The molecule has 0 saturated heterocycles. The fourth-order valence-electron chi connectivity index (χ4n) is 2.78. The van der Waals surface area contributed by atoms with Crippen LogP contribution in [0.4, 0.5) is 0 Å². The van der Waals surface area contributed by atoms with E-state index in [9.17, 15) is 0 Å². The third-order valence-electron chi connectivity index (χ3n) is 3.92. The first-order valence-electron chi connectivity index (χ1n) is 7.21. The van der Waals surface area contributed by atoms with Crippen molar-refractivity contribution >= 4 is 11.6 Å². The van der Waals surface area contributed by atoms with E-state index in [1.807, 2.05) is 6.07 Å². The number of benzene rings is 1. The van der Waals surface area contributed by atoms with Gasteiger partial charge in [-0.1, -0.05) is 37.0 Å². The summed E-state index contributed by atoms with van der Waals surface area (Å²) in [5, 5.41) is 3.88. The van der Waals surface area contributed by atoms with Crippen molar-refractivity contribution < 1.29 is 4.74 Å². The van der Waals surface area contributed by atoms with E-state index in [4.69, 9.17) is 16.3 Å². The van der Waals surface area contributed by atoms with Gasteiger partial charge in [0.05, 0.1) is 7.11 Å². The highest BCUT2D eigenvalue weighted by molar-refractivity contribution is 6.21. The van der Waals surface area contributed by atoms with Gasteiger partial charge in [-0.15, -0.1) is 11.6 Å². The molecule has 19 heavy (non-hydrogen) atoms. The maximum atomic E-state index is 6.46. The summed E-state index contributed by atoms with van der Waals surface area (Å²) in [6.07, 6.45) is 6.17. The minimum absolute atomic E-state index is 0.262. The molecule has 3 heteroatoms. The molecule has 0 radical (unpaired) electrons. The zero-order valence-electron chi connectivity index (χ0n) is 11.9. The van der Waals surface area contributed by atoms with E-state index in [-0.39, 0.29) is 5.38 Å². The smallest absolute Gasteiger partial charge is 0.123 e. The van der Waals surface area contributed by atoms with Crippen LogP contribution in [0.5, 0.6) is 5.75 Å². The average molecular weight is 282 g/mol. The van der Waals surface area contributed by atoms with Crippen LogP contribution in [0.2, 0.25) is 0 Å². The van der Waals surface area contributed by atoms with Gasteiger partial charge in [0.25, 0.3) is 0 Å². The first kappa shape index (κ1) is 14.7. The Hall–Kier alpha value is -0.730. The molecule has 1 aromatic carbocycles. The van der Waals surface area contributed by atoms with Gasteiger partial charge in [0, 0.05) is 23.5 Å². The van der Waals surface area contributed by atoms with Crippen molar-refractivity contribution in [1.82, 2.24) is 5.32 Å². The second kappa shape index (κ2) is 7.16. The Morgan fingerprint density at radius 2 is 2.05 bits per heavy atom. The van der Waals surface area contributed by atoms with Crippen LogP contribution in [-0.4, -0.2) is 18.5 Å². The monoisotopic (exact) mass is 281 g/mol. The van der Waals surface area contributed by atoms with Crippen molar-refractivity contribution in [3.05, 3.63) is 29.3 Å². The Morgan fingerprint density at radius 1 is 1.26 bits per heavy atom. The van der Waals surface area contributed by atoms with Gasteiger partial charge in [0.1, 0.15) is 5.75 Å². The first-order valence-corrected chi connectivity index (χ1v) is 7.65. The SMILES string of the molecule is COc1ccc(C)cc1CNC1CCCCCC1Cl. The predicted molar refractivity (Wildman–Crippen MR) is 81.1 cm³/mol. The fourth-order valence-corrected chi connectivity index (χ4v) is 3.15. The van der Waals surface area contributed by atoms with Crippen molar-refractivity contribution in [3.63, 3.8) is 0 Å². The summed E-state index contributed by atoms with van der Waals surface area (Å²) >= 11 is 6.46. The molecule has 1 saturated carbocycles. The summed E-state index contributed by atoms with van der Waals surface area (Å²) in [5.41, 5.74) is 2.48. The molecule has 0 heterocycles. The third kappa shape index (κ3) is 4.12. The maximum absolute atomic E-state index is 6.46. The lowest BCUT2D eigenvalue weighted by molar-refractivity contribution is 0.401. The summed E-state index contributed by atoms with van der Waals surface area (Å²) < 4.78 is 5.42. The van der Waals surface area contributed by atoms with Gasteiger partial charge >= 0.3 is 0 Å². The highest BCUT2D eigenvalue weighted by Crippen LogP contribution is 2.24. The van der Waals surface area contributed by atoms with E-state index in [2.05, 4.69) is 24.4 Å². The summed E-state index contributed by atoms with van der Waals surface area (Å²) in [6, 6.07) is 6.73. The van der Waals surface area contributed by atoms with E-state index in [0.29, 0.717) is 6.04 Å². The lowest BCUT2D eigenvalue weighted by Crippen LogP contribution is -2.35. The molecule has 2 nitrogen and oxygen atoms in total. The quantitative estimate of drug-likeness (QED) is 0.664. The van der Waals surface area contributed by atoms with Crippen LogP contribution in [0.15, 0.2) is 18.2 Å². The lowest BCUT2D eigenvalue weighted by atomic mass is 10.1. The topological polar surface area (TPSA) is 21.3 Å². The molecule has 1 aliphatic rings. The van der Waals surface area contributed by atoms with Crippen LogP contribution in [0.1, 0.15) is 43.2 Å².